The number of aromatic nitrogens is 2. The van der Waals surface area contributed by atoms with Crippen LogP contribution in [0.2, 0.25) is 0 Å². The first kappa shape index (κ1) is 24.9. The predicted molar refractivity (Wildman–Crippen MR) is 140 cm³/mol. The van der Waals surface area contributed by atoms with E-state index >= 15 is 0 Å². The van der Waals surface area contributed by atoms with Crippen molar-refractivity contribution >= 4 is 17.8 Å². The molecule has 2 fully saturated rings. The smallest absolute Gasteiger partial charge is 0.244 e. The zero-order chi connectivity index (χ0) is 24.6. The fraction of sp³-hybridized carbons (Fsp3) is 0.556. The van der Waals surface area contributed by atoms with E-state index in [1.54, 1.807) is 19.7 Å². The Kier molecular flexibility index (Phi) is 8.55. The molecule has 0 spiro atoms. The molecule has 0 atom stereocenters. The minimum absolute atomic E-state index is 0.121. The van der Waals surface area contributed by atoms with Gasteiger partial charge in [0.2, 0.25) is 5.91 Å². The molecule has 2 aliphatic rings. The van der Waals surface area contributed by atoms with Crippen LogP contribution in [0.3, 0.4) is 0 Å². The molecule has 2 N–H and O–H groups in total. The van der Waals surface area contributed by atoms with E-state index in [-0.39, 0.29) is 12.5 Å². The Balaban J connectivity index is 1.47. The summed E-state index contributed by atoms with van der Waals surface area (Å²) in [6.07, 6.45) is 17.2. The third-order valence-corrected chi connectivity index (χ3v) is 7.27. The normalized spacial score (nSPS) is 18.2. The maximum atomic E-state index is 13.4. The molecule has 0 aliphatic heterocycles. The van der Waals surface area contributed by atoms with Gasteiger partial charge < -0.3 is 20.0 Å². The summed E-state index contributed by atoms with van der Waals surface area (Å²) in [5.41, 5.74) is 3.08. The summed E-state index contributed by atoms with van der Waals surface area (Å²) in [6, 6.07) is 6.46. The van der Waals surface area contributed by atoms with E-state index in [1.165, 1.54) is 38.5 Å². The zero-order valence-electron chi connectivity index (χ0n) is 21.0. The number of amides is 1. The van der Waals surface area contributed by atoms with Crippen LogP contribution in [0, 0.1) is 6.92 Å². The summed E-state index contributed by atoms with van der Waals surface area (Å²) in [5, 5.41) is 3.93. The standard InChI is InChI=1S/C27H38N6O2/c1-20-18-32(19-30-20)25-14-13-21(15-26(25)35-2)24(31-28)16-29-17-27(34)33(22-9-5-3-6-10-22)23-11-7-4-8-12-23/h13-16,18-19,22-23H,3-12,17,28H2,1-2H3/b29-16?,31-24+. The van der Waals surface area contributed by atoms with Crippen LogP contribution in [-0.2, 0) is 4.79 Å². The van der Waals surface area contributed by atoms with Crippen LogP contribution in [-0.4, -0.2) is 58.0 Å². The van der Waals surface area contributed by atoms with Gasteiger partial charge in [0, 0.05) is 30.1 Å². The number of benzene rings is 1. The van der Waals surface area contributed by atoms with Gasteiger partial charge >= 0.3 is 0 Å². The van der Waals surface area contributed by atoms with Crippen molar-refractivity contribution in [1.29, 1.82) is 0 Å². The monoisotopic (exact) mass is 478 g/mol. The number of hydrogen-bond acceptors (Lipinski definition) is 6. The van der Waals surface area contributed by atoms with Gasteiger partial charge in [-0.3, -0.25) is 9.79 Å². The van der Waals surface area contributed by atoms with Crippen molar-refractivity contribution in [2.45, 2.75) is 83.2 Å². The third-order valence-electron chi connectivity index (χ3n) is 7.27. The molecule has 35 heavy (non-hydrogen) atoms. The molecule has 0 bridgehead atoms. The van der Waals surface area contributed by atoms with E-state index in [2.05, 4.69) is 20.0 Å². The number of carbonyl (C=O) groups is 1. The molecule has 0 unspecified atom stereocenters. The summed E-state index contributed by atoms with van der Waals surface area (Å²) in [5.74, 6) is 6.50. The van der Waals surface area contributed by atoms with Crippen LogP contribution in [0.4, 0.5) is 0 Å². The van der Waals surface area contributed by atoms with E-state index in [4.69, 9.17) is 10.6 Å². The summed E-state index contributed by atoms with van der Waals surface area (Å²) < 4.78 is 7.51. The van der Waals surface area contributed by atoms with Crippen LogP contribution in [0.1, 0.15) is 75.5 Å². The minimum atomic E-state index is 0.121. The van der Waals surface area contributed by atoms with Gasteiger partial charge in [-0.1, -0.05) is 44.6 Å². The largest absolute Gasteiger partial charge is 0.495 e. The molecule has 0 radical (unpaired) electrons. The van der Waals surface area contributed by atoms with Crippen molar-refractivity contribution in [2.24, 2.45) is 15.9 Å². The number of hydrazone groups is 1. The number of nitrogens with two attached hydrogens (primary N) is 1. The number of ether oxygens (including phenoxy) is 1. The maximum absolute atomic E-state index is 13.4. The summed E-state index contributed by atoms with van der Waals surface area (Å²) in [6.45, 7) is 2.06. The Morgan fingerprint density at radius 3 is 2.34 bits per heavy atom. The molecule has 1 amide bonds. The number of rotatable bonds is 8. The van der Waals surface area contributed by atoms with Crippen LogP contribution >= 0.6 is 0 Å². The average Bonchev–Trinajstić information content (AvgIpc) is 3.33. The number of aliphatic imine (C=N–C) groups is 1. The van der Waals surface area contributed by atoms with Crippen molar-refractivity contribution in [3.05, 3.63) is 42.0 Å². The number of carbonyl (C=O) groups excluding carboxylic acids is 1. The average molecular weight is 479 g/mol. The van der Waals surface area contributed by atoms with Gasteiger partial charge in [0.25, 0.3) is 0 Å². The fourth-order valence-corrected chi connectivity index (χ4v) is 5.50. The Morgan fingerprint density at radius 2 is 1.80 bits per heavy atom. The van der Waals surface area contributed by atoms with Gasteiger partial charge in [-0.2, -0.15) is 5.10 Å². The van der Waals surface area contributed by atoms with E-state index in [9.17, 15) is 4.79 Å². The molecule has 1 heterocycles. The lowest BCUT2D eigenvalue weighted by atomic mass is 9.88. The van der Waals surface area contributed by atoms with Gasteiger partial charge in [-0.05, 0) is 44.7 Å². The lowest BCUT2D eigenvalue weighted by Crippen LogP contribution is -2.49. The van der Waals surface area contributed by atoms with Crippen molar-refractivity contribution < 1.29 is 9.53 Å². The molecule has 2 saturated carbocycles. The van der Waals surface area contributed by atoms with E-state index in [0.29, 0.717) is 23.5 Å². The summed E-state index contributed by atoms with van der Waals surface area (Å²) in [7, 11) is 1.63. The summed E-state index contributed by atoms with van der Waals surface area (Å²) >= 11 is 0. The molecule has 0 saturated heterocycles. The predicted octanol–water partition coefficient (Wildman–Crippen LogP) is 4.42. The van der Waals surface area contributed by atoms with E-state index in [1.807, 2.05) is 35.9 Å². The lowest BCUT2D eigenvalue weighted by Gasteiger charge is -2.41. The second-order valence-electron chi connectivity index (χ2n) is 9.68. The third kappa shape index (κ3) is 6.10. The van der Waals surface area contributed by atoms with Crippen molar-refractivity contribution in [1.82, 2.24) is 14.5 Å². The fourth-order valence-electron chi connectivity index (χ4n) is 5.50. The highest BCUT2D eigenvalue weighted by Crippen LogP contribution is 2.30. The highest BCUT2D eigenvalue weighted by atomic mass is 16.5. The highest BCUT2D eigenvalue weighted by molar-refractivity contribution is 6.38. The van der Waals surface area contributed by atoms with E-state index in [0.717, 1.165) is 42.6 Å². The van der Waals surface area contributed by atoms with Gasteiger partial charge in [0.15, 0.2) is 0 Å². The molecule has 2 aromatic rings. The first-order chi connectivity index (χ1) is 17.1. The number of nitrogens with zero attached hydrogens (tertiary/aromatic N) is 5. The molecule has 8 nitrogen and oxygen atoms in total. The topological polar surface area (TPSA) is 98.1 Å². The maximum Gasteiger partial charge on any atom is 0.244 e. The quantitative estimate of drug-likeness (QED) is 0.345. The molecule has 2 aliphatic carbocycles. The molecular weight excluding hydrogens is 440 g/mol. The summed E-state index contributed by atoms with van der Waals surface area (Å²) in [4.78, 5) is 24.3. The Hall–Kier alpha value is -3.16. The second-order valence-corrected chi connectivity index (χ2v) is 9.68. The van der Waals surface area contributed by atoms with E-state index < -0.39 is 0 Å². The van der Waals surface area contributed by atoms with Crippen LogP contribution in [0.25, 0.3) is 5.69 Å². The number of methoxy groups -OCH3 is 1. The van der Waals surface area contributed by atoms with Crippen molar-refractivity contribution in [2.75, 3.05) is 13.7 Å². The highest BCUT2D eigenvalue weighted by Gasteiger charge is 2.32. The molecular formula is C27H38N6O2. The van der Waals surface area contributed by atoms with Crippen LogP contribution < -0.4 is 10.6 Å². The molecule has 1 aromatic heterocycles. The van der Waals surface area contributed by atoms with Crippen LogP contribution in [0.15, 0.2) is 40.8 Å². The zero-order valence-corrected chi connectivity index (χ0v) is 21.0. The van der Waals surface area contributed by atoms with Gasteiger partial charge in [0.05, 0.1) is 24.8 Å². The Labute approximate surface area is 208 Å². The van der Waals surface area contributed by atoms with Crippen LogP contribution in [0.5, 0.6) is 5.75 Å². The first-order valence-electron chi connectivity index (χ1n) is 12.9. The van der Waals surface area contributed by atoms with Crippen molar-refractivity contribution in [3.8, 4) is 11.4 Å². The van der Waals surface area contributed by atoms with Gasteiger partial charge in [-0.25, -0.2) is 4.98 Å². The number of aryl methyl sites for hydroxylation is 1. The van der Waals surface area contributed by atoms with Crippen molar-refractivity contribution in [3.63, 3.8) is 0 Å². The number of imidazole rings is 1. The SMILES string of the molecule is COc1cc(/C(C=NCC(=O)N(C2CCCCC2)C2CCCCC2)=N/N)ccc1-n1cnc(C)c1. The molecule has 4 rings (SSSR count). The second kappa shape index (κ2) is 12.0. The lowest BCUT2D eigenvalue weighted by molar-refractivity contribution is -0.136. The Morgan fingerprint density at radius 1 is 1.14 bits per heavy atom. The number of hydrogen-bond donors (Lipinski definition) is 1. The molecule has 188 valence electrons. The van der Waals surface area contributed by atoms with Gasteiger partial charge in [0.1, 0.15) is 18.0 Å². The van der Waals surface area contributed by atoms with Gasteiger partial charge in [-0.15, -0.1) is 0 Å². The first-order valence-corrected chi connectivity index (χ1v) is 12.9. The molecule has 1 aromatic carbocycles. The molecule has 8 heteroatoms. The minimum Gasteiger partial charge on any atom is -0.495 e. The Bertz CT molecular complexity index is 1030.